The van der Waals surface area contributed by atoms with Crippen LogP contribution in [-0.2, 0) is 36.9 Å². The van der Waals surface area contributed by atoms with Crippen molar-refractivity contribution < 1.29 is 28.7 Å². The normalized spacial score (nSPS) is 13.2. The van der Waals surface area contributed by atoms with Gasteiger partial charge in [-0.1, -0.05) is 88.4 Å². The van der Waals surface area contributed by atoms with Crippen LogP contribution in [0.15, 0.2) is 60.7 Å². The Morgan fingerprint density at radius 2 is 1.12 bits per heavy atom. The van der Waals surface area contributed by atoms with E-state index in [0.29, 0.717) is 12.8 Å². The number of hydrogen-bond acceptors (Lipinski definition) is 6. The third kappa shape index (κ3) is 11.9. The fourth-order valence-corrected chi connectivity index (χ4v) is 4.14. The van der Waals surface area contributed by atoms with E-state index in [4.69, 9.17) is 9.47 Å². The Hall–Kier alpha value is -3.88. The first-order chi connectivity index (χ1) is 19.1. The Kier molecular flexibility index (Phi) is 13.7. The van der Waals surface area contributed by atoms with E-state index in [0.717, 1.165) is 11.1 Å². The third-order valence-corrected chi connectivity index (χ3v) is 6.04. The Bertz CT molecular complexity index is 1070. The van der Waals surface area contributed by atoms with Gasteiger partial charge in [-0.3, -0.25) is 9.59 Å². The topological polar surface area (TPSA) is 123 Å². The third-order valence-electron chi connectivity index (χ3n) is 6.04. The highest BCUT2D eigenvalue weighted by Crippen LogP contribution is 2.11. The van der Waals surface area contributed by atoms with Gasteiger partial charge < -0.3 is 25.4 Å². The number of carbonyl (C=O) groups excluding carboxylic acids is 4. The first-order valence-electron chi connectivity index (χ1n) is 13.9. The van der Waals surface area contributed by atoms with Crippen LogP contribution in [0.2, 0.25) is 0 Å². The first-order valence-corrected chi connectivity index (χ1v) is 13.9. The van der Waals surface area contributed by atoms with Gasteiger partial charge in [0, 0.05) is 6.42 Å². The maximum absolute atomic E-state index is 13.4. The van der Waals surface area contributed by atoms with Gasteiger partial charge in [0.05, 0.1) is 6.61 Å². The number of esters is 1. The van der Waals surface area contributed by atoms with E-state index in [-0.39, 0.29) is 31.5 Å². The van der Waals surface area contributed by atoms with Crippen molar-refractivity contribution in [2.45, 2.75) is 78.6 Å². The second-order valence-electron chi connectivity index (χ2n) is 10.6. The average Bonchev–Trinajstić information content (AvgIpc) is 2.91. The molecule has 0 aliphatic rings. The summed E-state index contributed by atoms with van der Waals surface area (Å²) in [5, 5.41) is 8.22. The molecule has 2 rings (SSSR count). The minimum atomic E-state index is -0.919. The Balaban J connectivity index is 2.12. The maximum atomic E-state index is 13.4. The van der Waals surface area contributed by atoms with E-state index < -0.39 is 42.0 Å². The summed E-state index contributed by atoms with van der Waals surface area (Å²) >= 11 is 0. The zero-order chi connectivity index (χ0) is 29.5. The maximum Gasteiger partial charge on any atom is 0.408 e. The largest absolute Gasteiger partial charge is 0.464 e. The molecule has 40 heavy (non-hydrogen) atoms. The molecule has 0 spiro atoms. The molecule has 0 saturated carbocycles. The van der Waals surface area contributed by atoms with Gasteiger partial charge in [-0.25, -0.2) is 9.59 Å². The summed E-state index contributed by atoms with van der Waals surface area (Å²) in [5.41, 5.74) is 1.68. The number of alkyl carbamates (subject to hydrolysis) is 1. The van der Waals surface area contributed by atoms with Crippen LogP contribution in [0.25, 0.3) is 0 Å². The fourth-order valence-electron chi connectivity index (χ4n) is 4.14. The molecule has 0 aromatic heterocycles. The number of rotatable bonds is 15. The monoisotopic (exact) mass is 553 g/mol. The van der Waals surface area contributed by atoms with Gasteiger partial charge in [0.2, 0.25) is 11.8 Å². The Labute approximate surface area is 237 Å². The van der Waals surface area contributed by atoms with Gasteiger partial charge >= 0.3 is 12.1 Å². The second kappa shape index (κ2) is 16.9. The van der Waals surface area contributed by atoms with E-state index in [1.54, 1.807) is 6.92 Å². The fraction of sp³-hybridized carbons (Fsp3) is 0.484. The summed E-state index contributed by atoms with van der Waals surface area (Å²) in [6.07, 6.45) is 0.214. The molecule has 2 aromatic rings. The predicted octanol–water partition coefficient (Wildman–Crippen LogP) is 4.15. The lowest BCUT2D eigenvalue weighted by Gasteiger charge is -2.26. The zero-order valence-corrected chi connectivity index (χ0v) is 24.1. The van der Waals surface area contributed by atoms with Gasteiger partial charge in [0.25, 0.3) is 0 Å². The van der Waals surface area contributed by atoms with Gasteiger partial charge in [-0.15, -0.1) is 0 Å². The van der Waals surface area contributed by atoms with Crippen LogP contribution < -0.4 is 16.0 Å². The molecule has 2 aromatic carbocycles. The summed E-state index contributed by atoms with van der Waals surface area (Å²) in [4.78, 5) is 52.0. The van der Waals surface area contributed by atoms with E-state index in [1.165, 1.54) is 0 Å². The lowest BCUT2D eigenvalue weighted by Crippen LogP contribution is -2.56. The summed E-state index contributed by atoms with van der Waals surface area (Å²) in [7, 11) is 0. The standard InChI is InChI=1S/C31H43N3O6/c1-6-39-30(37)27(19-23-13-9-7-10-14-23)33-28(35)25(17-21(2)3)32-29(36)26(18-22(4)5)34-31(38)40-20-24-15-11-8-12-16-24/h7-16,21-22,25-27H,6,17-20H2,1-5H3,(H,32,36)(H,33,35)(H,34,38)/t25-,26-,27-/m0/s1. The quantitative estimate of drug-likeness (QED) is 0.285. The van der Waals surface area contributed by atoms with Crippen molar-refractivity contribution in [1.82, 2.24) is 16.0 Å². The van der Waals surface area contributed by atoms with Crippen molar-refractivity contribution in [1.29, 1.82) is 0 Å². The summed E-state index contributed by atoms with van der Waals surface area (Å²) in [6, 6.07) is 15.8. The molecule has 0 aliphatic carbocycles. The van der Waals surface area contributed by atoms with Crippen molar-refractivity contribution in [3.63, 3.8) is 0 Å². The molecule has 0 unspecified atom stereocenters. The number of amides is 3. The van der Waals surface area contributed by atoms with Gasteiger partial charge in [-0.05, 0) is 42.7 Å². The van der Waals surface area contributed by atoms with Crippen LogP contribution in [0.3, 0.4) is 0 Å². The second-order valence-corrected chi connectivity index (χ2v) is 10.6. The van der Waals surface area contributed by atoms with Crippen molar-refractivity contribution in [2.75, 3.05) is 6.61 Å². The van der Waals surface area contributed by atoms with Crippen LogP contribution in [-0.4, -0.2) is 48.6 Å². The van der Waals surface area contributed by atoms with Gasteiger partial charge in [0.15, 0.2) is 0 Å². The molecular weight excluding hydrogens is 510 g/mol. The van der Waals surface area contributed by atoms with Crippen LogP contribution in [0.5, 0.6) is 0 Å². The summed E-state index contributed by atoms with van der Waals surface area (Å²) < 4.78 is 10.5. The lowest BCUT2D eigenvalue weighted by molar-refractivity contribution is -0.147. The lowest BCUT2D eigenvalue weighted by atomic mass is 9.99. The number of carbonyl (C=O) groups is 4. The van der Waals surface area contributed by atoms with Crippen LogP contribution >= 0.6 is 0 Å². The highest BCUT2D eigenvalue weighted by molar-refractivity contribution is 5.93. The summed E-state index contributed by atoms with van der Waals surface area (Å²) in [6.45, 7) is 9.68. The molecule has 0 radical (unpaired) electrons. The van der Waals surface area contributed by atoms with Gasteiger partial charge in [-0.2, -0.15) is 0 Å². The van der Waals surface area contributed by atoms with Crippen LogP contribution in [0.1, 0.15) is 58.6 Å². The van der Waals surface area contributed by atoms with E-state index in [9.17, 15) is 19.2 Å². The molecule has 9 nitrogen and oxygen atoms in total. The molecule has 0 saturated heterocycles. The van der Waals surface area contributed by atoms with Crippen molar-refractivity contribution in [2.24, 2.45) is 11.8 Å². The smallest absolute Gasteiger partial charge is 0.408 e. The molecule has 218 valence electrons. The van der Waals surface area contributed by atoms with E-state index in [1.807, 2.05) is 88.4 Å². The molecule has 9 heteroatoms. The Morgan fingerprint density at radius 1 is 0.650 bits per heavy atom. The molecule has 0 fully saturated rings. The van der Waals surface area contributed by atoms with Crippen molar-refractivity contribution >= 4 is 23.9 Å². The minimum absolute atomic E-state index is 0.0672. The molecule has 3 atom stereocenters. The molecule has 0 heterocycles. The van der Waals surface area contributed by atoms with Gasteiger partial charge in [0.1, 0.15) is 24.7 Å². The SMILES string of the molecule is CCOC(=O)[C@H](Cc1ccccc1)NC(=O)[C@H](CC(C)C)NC(=O)[C@H](CC(C)C)NC(=O)OCc1ccccc1. The highest BCUT2D eigenvalue weighted by atomic mass is 16.5. The zero-order valence-electron chi connectivity index (χ0n) is 24.1. The van der Waals surface area contributed by atoms with Crippen molar-refractivity contribution in [3.05, 3.63) is 71.8 Å². The first kappa shape index (κ1) is 32.3. The highest BCUT2D eigenvalue weighted by Gasteiger charge is 2.31. The number of benzene rings is 2. The predicted molar refractivity (Wildman–Crippen MR) is 153 cm³/mol. The average molecular weight is 554 g/mol. The van der Waals surface area contributed by atoms with Crippen molar-refractivity contribution in [3.8, 4) is 0 Å². The summed E-state index contributed by atoms with van der Waals surface area (Å²) in [5.74, 6) is -1.39. The molecule has 3 amide bonds. The molecule has 0 aliphatic heterocycles. The number of ether oxygens (including phenoxy) is 2. The van der Waals surface area contributed by atoms with Crippen LogP contribution in [0.4, 0.5) is 4.79 Å². The molecule has 0 bridgehead atoms. The van der Waals surface area contributed by atoms with E-state index in [2.05, 4.69) is 16.0 Å². The number of hydrogen-bond donors (Lipinski definition) is 3. The molecule has 3 N–H and O–H groups in total. The minimum Gasteiger partial charge on any atom is -0.464 e. The van der Waals surface area contributed by atoms with E-state index >= 15 is 0 Å². The van der Waals surface area contributed by atoms with Crippen LogP contribution in [0, 0.1) is 11.8 Å². The number of nitrogens with one attached hydrogen (secondary N) is 3. The Morgan fingerprint density at radius 3 is 1.62 bits per heavy atom. The molecular formula is C31H43N3O6.